The maximum absolute atomic E-state index is 12.8. The number of alkyl halides is 1. The molecule has 1 atom stereocenters. The van der Waals surface area contributed by atoms with Crippen molar-refractivity contribution in [2.75, 3.05) is 5.32 Å². The Morgan fingerprint density at radius 2 is 1.67 bits per heavy atom. The second kappa shape index (κ2) is 5.13. The van der Waals surface area contributed by atoms with Gasteiger partial charge in [0.25, 0.3) is 5.91 Å². The summed E-state index contributed by atoms with van der Waals surface area (Å²) in [6.07, 6.45) is 0. The van der Waals surface area contributed by atoms with Gasteiger partial charge in [-0.2, -0.15) is 0 Å². The van der Waals surface area contributed by atoms with Crippen molar-refractivity contribution in [2.24, 2.45) is 0 Å². The molecular weight excluding hydrogens is 377 g/mol. The van der Waals surface area contributed by atoms with Gasteiger partial charge < -0.3 is 5.32 Å². The summed E-state index contributed by atoms with van der Waals surface area (Å²) in [7, 11) is 0. The number of carbonyl (C=O) groups is 2. The first-order chi connectivity index (χ1) is 9.96. The Balaban J connectivity index is 2.22. The average Bonchev–Trinajstić information content (AvgIpc) is 2.50. The zero-order chi connectivity index (χ0) is 15.2. The zero-order valence-corrected chi connectivity index (χ0v) is 13.6. The van der Waals surface area contributed by atoms with Crippen molar-refractivity contribution in [3.05, 3.63) is 63.6 Å². The number of Topliss-reactive ketones (excluding diaryl/α,β-unsaturated/α-hetero) is 1. The van der Waals surface area contributed by atoms with E-state index in [0.717, 1.165) is 0 Å². The Morgan fingerprint density at radius 3 is 2.33 bits per heavy atom. The molecule has 0 saturated heterocycles. The topological polar surface area (TPSA) is 46.2 Å². The average molecular weight is 385 g/mol. The molecule has 106 valence electrons. The monoisotopic (exact) mass is 383 g/mol. The van der Waals surface area contributed by atoms with Crippen LogP contribution in [-0.4, -0.2) is 11.7 Å². The van der Waals surface area contributed by atoms with E-state index < -0.39 is 10.2 Å². The Hall–Kier alpha value is -1.36. The van der Waals surface area contributed by atoms with Crippen LogP contribution in [0.4, 0.5) is 5.69 Å². The van der Waals surface area contributed by atoms with Crippen molar-refractivity contribution in [3.8, 4) is 0 Å². The molecule has 0 saturated carbocycles. The molecule has 3 nitrogen and oxygen atoms in total. The van der Waals surface area contributed by atoms with Gasteiger partial charge in [0.1, 0.15) is 0 Å². The van der Waals surface area contributed by atoms with E-state index >= 15 is 0 Å². The molecule has 2 aromatic rings. The molecule has 0 bridgehead atoms. The number of ketones is 1. The highest BCUT2D eigenvalue weighted by Gasteiger charge is 2.49. The molecule has 0 fully saturated rings. The summed E-state index contributed by atoms with van der Waals surface area (Å²) in [5.41, 5.74) is 1.14. The van der Waals surface area contributed by atoms with E-state index in [1.165, 1.54) is 6.07 Å². The molecule has 0 radical (unpaired) electrons. The first-order valence-electron chi connectivity index (χ1n) is 6.05. The highest BCUT2D eigenvalue weighted by atomic mass is 79.9. The minimum absolute atomic E-state index is 0.165. The lowest BCUT2D eigenvalue weighted by molar-refractivity contribution is -0.117. The van der Waals surface area contributed by atoms with Crippen molar-refractivity contribution >= 4 is 56.5 Å². The Kier molecular flexibility index (Phi) is 3.56. The fourth-order valence-electron chi connectivity index (χ4n) is 2.28. The van der Waals surface area contributed by atoms with Crippen LogP contribution in [0.2, 0.25) is 10.0 Å². The Morgan fingerprint density at radius 1 is 1.00 bits per heavy atom. The summed E-state index contributed by atoms with van der Waals surface area (Å²) in [6, 6.07) is 11.9. The molecule has 6 heteroatoms. The summed E-state index contributed by atoms with van der Waals surface area (Å²) >= 11 is 15.3. The van der Waals surface area contributed by atoms with Crippen LogP contribution in [0.3, 0.4) is 0 Å². The van der Waals surface area contributed by atoms with Crippen LogP contribution in [0, 0.1) is 0 Å². The van der Waals surface area contributed by atoms with Crippen molar-refractivity contribution in [2.45, 2.75) is 4.32 Å². The largest absolute Gasteiger partial charge is 0.322 e. The smallest absolute Gasteiger partial charge is 0.253 e. The summed E-state index contributed by atoms with van der Waals surface area (Å²) in [5.74, 6) is -0.860. The minimum atomic E-state index is -1.46. The fraction of sp³-hybridized carbons (Fsp3) is 0.0667. The highest BCUT2D eigenvalue weighted by molar-refractivity contribution is 9.10. The number of rotatable bonds is 1. The number of fused-ring (bicyclic) bond motifs is 1. The third-order valence-electron chi connectivity index (χ3n) is 3.38. The molecule has 1 N–H and O–H groups in total. The lowest BCUT2D eigenvalue weighted by atomic mass is 9.86. The molecular formula is C15H8BrCl2NO2. The van der Waals surface area contributed by atoms with Gasteiger partial charge in [-0.1, -0.05) is 69.5 Å². The summed E-state index contributed by atoms with van der Waals surface area (Å²) in [4.78, 5) is 25.3. The molecule has 1 aliphatic rings. The number of benzene rings is 2. The fourth-order valence-corrected chi connectivity index (χ4v) is 3.23. The molecule has 1 heterocycles. The second-order valence-corrected chi connectivity index (χ2v) is 6.57. The molecule has 0 spiro atoms. The predicted octanol–water partition coefficient (Wildman–Crippen LogP) is 4.42. The van der Waals surface area contributed by atoms with Gasteiger partial charge in [0.05, 0.1) is 15.7 Å². The van der Waals surface area contributed by atoms with E-state index in [0.29, 0.717) is 11.1 Å². The van der Waals surface area contributed by atoms with Gasteiger partial charge >= 0.3 is 0 Å². The molecule has 0 aliphatic carbocycles. The molecule has 2 aromatic carbocycles. The first kappa shape index (κ1) is 14.6. The lowest BCUT2D eigenvalue weighted by Gasteiger charge is -2.31. The maximum Gasteiger partial charge on any atom is 0.253 e. The molecule has 0 aromatic heterocycles. The van der Waals surface area contributed by atoms with Crippen LogP contribution >= 0.6 is 39.1 Å². The van der Waals surface area contributed by atoms with Gasteiger partial charge in [-0.15, -0.1) is 0 Å². The van der Waals surface area contributed by atoms with E-state index in [9.17, 15) is 9.59 Å². The molecule has 1 aliphatic heterocycles. The predicted molar refractivity (Wildman–Crippen MR) is 86.5 cm³/mol. The second-order valence-electron chi connectivity index (χ2n) is 4.59. The van der Waals surface area contributed by atoms with Crippen LogP contribution < -0.4 is 5.32 Å². The van der Waals surface area contributed by atoms with Gasteiger partial charge in [0.2, 0.25) is 0 Å². The van der Waals surface area contributed by atoms with Crippen molar-refractivity contribution < 1.29 is 9.59 Å². The van der Waals surface area contributed by atoms with E-state index in [4.69, 9.17) is 23.2 Å². The number of hydrogen-bond acceptors (Lipinski definition) is 2. The Labute approximate surface area is 139 Å². The van der Waals surface area contributed by atoms with E-state index in [-0.39, 0.29) is 21.5 Å². The first-order valence-corrected chi connectivity index (χ1v) is 7.60. The van der Waals surface area contributed by atoms with Gasteiger partial charge in [0, 0.05) is 5.56 Å². The molecule has 1 amide bonds. The van der Waals surface area contributed by atoms with E-state index in [2.05, 4.69) is 21.2 Å². The zero-order valence-electron chi connectivity index (χ0n) is 10.5. The number of carbonyl (C=O) groups excluding carboxylic acids is 2. The van der Waals surface area contributed by atoms with E-state index in [1.54, 1.807) is 30.3 Å². The summed E-state index contributed by atoms with van der Waals surface area (Å²) in [6.45, 7) is 0. The number of amides is 1. The van der Waals surface area contributed by atoms with E-state index in [1.807, 2.05) is 6.07 Å². The van der Waals surface area contributed by atoms with Crippen molar-refractivity contribution in [3.63, 3.8) is 0 Å². The van der Waals surface area contributed by atoms with Crippen molar-refractivity contribution in [1.29, 1.82) is 0 Å². The summed E-state index contributed by atoms with van der Waals surface area (Å²) in [5, 5.41) is 3.11. The van der Waals surface area contributed by atoms with Gasteiger partial charge in [-0.25, -0.2) is 0 Å². The number of halogens is 3. The third-order valence-corrected chi connectivity index (χ3v) is 5.36. The van der Waals surface area contributed by atoms with Crippen LogP contribution in [0.5, 0.6) is 0 Å². The van der Waals surface area contributed by atoms with Crippen LogP contribution in [0.25, 0.3) is 0 Å². The quantitative estimate of drug-likeness (QED) is 0.584. The van der Waals surface area contributed by atoms with Crippen LogP contribution in [0.1, 0.15) is 15.9 Å². The van der Waals surface area contributed by atoms with Crippen LogP contribution in [0.15, 0.2) is 42.5 Å². The number of nitrogens with one attached hydrogen (secondary N) is 1. The standard InChI is InChI=1S/C15H8BrCl2NO2/c16-15(8-4-2-1-3-5-8)13(20)9-6-7-10(17)11(18)12(9)19-14(15)21/h1-7H,(H,19,21). The van der Waals surface area contributed by atoms with Gasteiger partial charge in [-0.05, 0) is 17.7 Å². The van der Waals surface area contributed by atoms with Gasteiger partial charge in [-0.3, -0.25) is 9.59 Å². The molecule has 1 unspecified atom stereocenters. The number of anilines is 1. The number of hydrogen-bond donors (Lipinski definition) is 1. The minimum Gasteiger partial charge on any atom is -0.322 e. The summed E-state index contributed by atoms with van der Waals surface area (Å²) < 4.78 is -1.46. The van der Waals surface area contributed by atoms with Crippen LogP contribution in [-0.2, 0) is 9.12 Å². The molecule has 21 heavy (non-hydrogen) atoms. The highest BCUT2D eigenvalue weighted by Crippen LogP contribution is 2.45. The molecule has 3 rings (SSSR count). The van der Waals surface area contributed by atoms with Crippen molar-refractivity contribution in [1.82, 2.24) is 0 Å². The third kappa shape index (κ3) is 2.09. The van der Waals surface area contributed by atoms with Gasteiger partial charge in [0.15, 0.2) is 10.1 Å². The SMILES string of the molecule is O=C1Nc2c(ccc(Cl)c2Cl)C(=O)C1(Br)c1ccccc1. The maximum atomic E-state index is 12.8. The Bertz CT molecular complexity index is 764. The lowest BCUT2D eigenvalue weighted by Crippen LogP contribution is -2.46. The normalized spacial score (nSPS) is 20.9.